The summed E-state index contributed by atoms with van der Waals surface area (Å²) in [6.07, 6.45) is 1.61. The number of amides is 3. The summed E-state index contributed by atoms with van der Waals surface area (Å²) in [6, 6.07) is 11.3. The minimum atomic E-state index is -0.192. The van der Waals surface area contributed by atoms with Gasteiger partial charge in [-0.05, 0) is 51.8 Å². The zero-order valence-corrected chi connectivity index (χ0v) is 21.3. The van der Waals surface area contributed by atoms with Crippen molar-refractivity contribution in [2.45, 2.75) is 52.6 Å². The van der Waals surface area contributed by atoms with Crippen molar-refractivity contribution in [2.75, 3.05) is 37.6 Å². The fourth-order valence-electron chi connectivity index (χ4n) is 3.93. The molecule has 1 aliphatic heterocycles. The Balaban J connectivity index is 1.62. The number of anilines is 1. The summed E-state index contributed by atoms with van der Waals surface area (Å²) in [5.74, 6) is 0.754. The highest BCUT2D eigenvalue weighted by atomic mass is 35.5. The molecule has 0 bridgehead atoms. The highest BCUT2D eigenvalue weighted by Gasteiger charge is 2.26. The van der Waals surface area contributed by atoms with Crippen LogP contribution in [0.15, 0.2) is 36.4 Å². The van der Waals surface area contributed by atoms with E-state index < -0.39 is 0 Å². The number of aromatic nitrogens is 2. The number of nitrogens with zero attached hydrogens (tertiary/aromatic N) is 5. The van der Waals surface area contributed by atoms with Crippen LogP contribution in [0.3, 0.4) is 0 Å². The van der Waals surface area contributed by atoms with E-state index in [0.717, 1.165) is 36.5 Å². The molecule has 184 valence electrons. The van der Waals surface area contributed by atoms with Crippen molar-refractivity contribution < 1.29 is 9.59 Å². The first kappa shape index (κ1) is 25.7. The van der Waals surface area contributed by atoms with E-state index in [4.69, 9.17) is 11.6 Å². The van der Waals surface area contributed by atoms with Gasteiger partial charge in [0.05, 0.1) is 10.7 Å². The molecule has 0 radical (unpaired) electrons. The molecule has 1 N–H and O–H groups in total. The smallest absolute Gasteiger partial charge is 0.318 e. The van der Waals surface area contributed by atoms with E-state index in [-0.39, 0.29) is 30.6 Å². The predicted octanol–water partition coefficient (Wildman–Crippen LogP) is 4.05. The highest BCUT2D eigenvalue weighted by Crippen LogP contribution is 2.26. The highest BCUT2D eigenvalue weighted by molar-refractivity contribution is 6.33. The number of hydrogen-bond acceptors (Lipinski definition) is 5. The van der Waals surface area contributed by atoms with Gasteiger partial charge in [0.15, 0.2) is 5.82 Å². The van der Waals surface area contributed by atoms with Crippen molar-refractivity contribution in [2.24, 2.45) is 0 Å². The quantitative estimate of drug-likeness (QED) is 0.638. The van der Waals surface area contributed by atoms with Gasteiger partial charge in [-0.1, -0.05) is 36.7 Å². The molecule has 9 heteroatoms. The Hall–Kier alpha value is -2.87. The van der Waals surface area contributed by atoms with Gasteiger partial charge in [-0.25, -0.2) is 4.79 Å². The Morgan fingerprint density at radius 3 is 2.47 bits per heavy atom. The number of hydrogen-bond donors (Lipinski definition) is 1. The van der Waals surface area contributed by atoms with Crippen LogP contribution in [0.25, 0.3) is 11.3 Å². The lowest BCUT2D eigenvalue weighted by molar-refractivity contribution is -0.132. The number of carbonyl (C=O) groups is 2. The lowest BCUT2D eigenvalue weighted by atomic mass is 10.1. The Labute approximate surface area is 207 Å². The normalized spacial score (nSPS) is 15.1. The molecule has 2 heterocycles. The molecule has 2 aromatic rings. The van der Waals surface area contributed by atoms with E-state index in [0.29, 0.717) is 24.7 Å². The van der Waals surface area contributed by atoms with Crippen LogP contribution in [0.1, 0.15) is 40.5 Å². The third-order valence-corrected chi connectivity index (χ3v) is 6.40. The number of benzene rings is 1. The summed E-state index contributed by atoms with van der Waals surface area (Å²) >= 11 is 6.28. The Morgan fingerprint density at radius 1 is 1.06 bits per heavy atom. The maximum Gasteiger partial charge on any atom is 0.318 e. The van der Waals surface area contributed by atoms with Gasteiger partial charge in [0.1, 0.15) is 6.54 Å². The van der Waals surface area contributed by atoms with Gasteiger partial charge in [0.2, 0.25) is 5.91 Å². The summed E-state index contributed by atoms with van der Waals surface area (Å²) in [5.41, 5.74) is 1.58. The minimum Gasteiger partial charge on any atom is -0.353 e. The zero-order valence-electron chi connectivity index (χ0n) is 20.5. The Bertz CT molecular complexity index is 968. The number of carbonyl (C=O) groups excluding carboxylic acids is 2. The largest absolute Gasteiger partial charge is 0.353 e. The van der Waals surface area contributed by atoms with Gasteiger partial charge >= 0.3 is 6.03 Å². The topological polar surface area (TPSA) is 81.7 Å². The van der Waals surface area contributed by atoms with Crippen LogP contribution < -0.4 is 10.2 Å². The van der Waals surface area contributed by atoms with Gasteiger partial charge in [-0.3, -0.25) is 4.79 Å². The van der Waals surface area contributed by atoms with Crippen LogP contribution in [0, 0.1) is 0 Å². The van der Waals surface area contributed by atoms with Gasteiger partial charge in [0.25, 0.3) is 0 Å². The van der Waals surface area contributed by atoms with Crippen molar-refractivity contribution in [3.63, 3.8) is 0 Å². The molecule has 0 saturated carbocycles. The molecule has 3 rings (SSSR count). The van der Waals surface area contributed by atoms with Crippen LogP contribution in [0.2, 0.25) is 5.02 Å². The summed E-state index contributed by atoms with van der Waals surface area (Å²) in [7, 11) is 0. The van der Waals surface area contributed by atoms with Crippen LogP contribution in [0.5, 0.6) is 0 Å². The molecule has 1 aromatic carbocycles. The van der Waals surface area contributed by atoms with Crippen LogP contribution >= 0.6 is 11.6 Å². The lowest BCUT2D eigenvalue weighted by Crippen LogP contribution is -2.51. The number of rotatable bonds is 7. The van der Waals surface area contributed by atoms with E-state index in [2.05, 4.69) is 20.4 Å². The lowest BCUT2D eigenvalue weighted by Gasteiger charge is -2.31. The second-order valence-corrected chi connectivity index (χ2v) is 9.37. The van der Waals surface area contributed by atoms with E-state index in [9.17, 15) is 9.59 Å². The SMILES string of the molecule is CC[C@@H](C)N(CC(=O)N1CCCN(c2ccc(-c3ccccc3Cl)nn2)CC1)C(=O)NC(C)C. The first-order chi connectivity index (χ1) is 16.3. The molecule has 8 nitrogen and oxygen atoms in total. The average Bonchev–Trinajstić information content (AvgIpc) is 3.08. The molecule has 1 aromatic heterocycles. The predicted molar refractivity (Wildman–Crippen MR) is 136 cm³/mol. The molecule has 1 saturated heterocycles. The summed E-state index contributed by atoms with van der Waals surface area (Å²) < 4.78 is 0. The van der Waals surface area contributed by atoms with E-state index in [1.54, 1.807) is 4.90 Å². The molecule has 0 aliphatic carbocycles. The maximum atomic E-state index is 13.1. The molecule has 1 fully saturated rings. The van der Waals surface area contributed by atoms with E-state index in [1.807, 2.05) is 69.0 Å². The van der Waals surface area contributed by atoms with Crippen LogP contribution in [-0.4, -0.2) is 76.7 Å². The molecular formula is C25H35ClN6O2. The number of nitrogens with one attached hydrogen (secondary N) is 1. The standard InChI is InChI=1S/C25H35ClN6O2/c1-5-19(4)32(25(34)27-18(2)3)17-24(33)31-14-8-13-30(15-16-31)23-12-11-22(28-29-23)20-9-6-7-10-21(20)26/h6-7,9-12,18-19H,5,8,13-17H2,1-4H3,(H,27,34)/t19-/m1/s1. The van der Waals surface area contributed by atoms with Crippen molar-refractivity contribution >= 4 is 29.4 Å². The van der Waals surface area contributed by atoms with Crippen molar-refractivity contribution in [1.29, 1.82) is 0 Å². The molecule has 1 aliphatic rings. The minimum absolute atomic E-state index is 0.0157. The molecule has 3 amide bonds. The summed E-state index contributed by atoms with van der Waals surface area (Å²) in [4.78, 5) is 31.4. The molecule has 0 unspecified atom stereocenters. The molecule has 0 spiro atoms. The first-order valence-electron chi connectivity index (χ1n) is 12.0. The van der Waals surface area contributed by atoms with Crippen molar-refractivity contribution in [1.82, 2.24) is 25.3 Å². The summed E-state index contributed by atoms with van der Waals surface area (Å²) in [6.45, 7) is 10.6. The fraction of sp³-hybridized carbons (Fsp3) is 0.520. The third-order valence-electron chi connectivity index (χ3n) is 6.07. The number of urea groups is 1. The second kappa shape index (κ2) is 12.0. The van der Waals surface area contributed by atoms with Crippen LogP contribution in [-0.2, 0) is 4.79 Å². The Morgan fingerprint density at radius 2 is 1.82 bits per heavy atom. The molecular weight excluding hydrogens is 452 g/mol. The average molecular weight is 487 g/mol. The zero-order chi connectivity index (χ0) is 24.7. The number of halogens is 1. The van der Waals surface area contributed by atoms with E-state index >= 15 is 0 Å². The monoisotopic (exact) mass is 486 g/mol. The molecule has 1 atom stereocenters. The second-order valence-electron chi connectivity index (χ2n) is 8.97. The third kappa shape index (κ3) is 6.59. The van der Waals surface area contributed by atoms with Gasteiger partial charge in [-0.2, -0.15) is 0 Å². The molecule has 34 heavy (non-hydrogen) atoms. The van der Waals surface area contributed by atoms with Gasteiger partial charge in [0, 0.05) is 43.8 Å². The maximum absolute atomic E-state index is 13.1. The summed E-state index contributed by atoms with van der Waals surface area (Å²) in [5, 5.41) is 12.3. The van der Waals surface area contributed by atoms with Crippen molar-refractivity contribution in [3.05, 3.63) is 41.4 Å². The first-order valence-corrected chi connectivity index (χ1v) is 12.4. The van der Waals surface area contributed by atoms with Gasteiger partial charge in [-0.15, -0.1) is 10.2 Å². The fourth-order valence-corrected chi connectivity index (χ4v) is 4.16. The van der Waals surface area contributed by atoms with E-state index in [1.165, 1.54) is 0 Å². The van der Waals surface area contributed by atoms with Crippen LogP contribution in [0.4, 0.5) is 10.6 Å². The Kier molecular flexibility index (Phi) is 9.10. The van der Waals surface area contributed by atoms with Crippen molar-refractivity contribution in [3.8, 4) is 11.3 Å². The van der Waals surface area contributed by atoms with Gasteiger partial charge < -0.3 is 20.0 Å².